The number of rotatable bonds is 5. The smallest absolute Gasteiger partial charge is 0.126 e. The van der Waals surface area contributed by atoms with Crippen LogP contribution in [0.4, 0.5) is 4.39 Å². The van der Waals surface area contributed by atoms with Gasteiger partial charge < -0.3 is 15.0 Å². The topological polar surface area (TPSA) is 53.1 Å². The number of aromatic nitrogens is 2. The van der Waals surface area contributed by atoms with E-state index >= 15 is 0 Å². The molecule has 0 saturated heterocycles. The summed E-state index contributed by atoms with van der Waals surface area (Å²) in [4.78, 5) is 4.41. The lowest BCUT2D eigenvalue weighted by molar-refractivity contribution is 0.190. The van der Waals surface area contributed by atoms with Crippen molar-refractivity contribution in [3.8, 4) is 0 Å². The van der Waals surface area contributed by atoms with Gasteiger partial charge in [-0.2, -0.15) is 0 Å². The molecule has 0 bridgehead atoms. The highest BCUT2D eigenvalue weighted by molar-refractivity contribution is 5.76. The number of nitrogens with zero attached hydrogens (tertiary/aromatic N) is 2. The Morgan fingerprint density at radius 1 is 1.50 bits per heavy atom. The van der Waals surface area contributed by atoms with Gasteiger partial charge in [-0.1, -0.05) is 0 Å². The first-order valence-corrected chi connectivity index (χ1v) is 6.00. The van der Waals surface area contributed by atoms with Crippen LogP contribution < -0.4 is 5.73 Å². The molecule has 5 heteroatoms. The van der Waals surface area contributed by atoms with Gasteiger partial charge in [-0.25, -0.2) is 9.37 Å². The maximum atomic E-state index is 13.1. The molecule has 2 aromatic rings. The molecule has 0 radical (unpaired) electrons. The van der Waals surface area contributed by atoms with Gasteiger partial charge in [0.1, 0.15) is 11.6 Å². The second-order valence-electron chi connectivity index (χ2n) is 4.40. The highest BCUT2D eigenvalue weighted by Gasteiger charge is 2.14. The van der Waals surface area contributed by atoms with Gasteiger partial charge in [0.15, 0.2) is 0 Å². The Morgan fingerprint density at radius 3 is 3.00 bits per heavy atom. The molecule has 0 aliphatic carbocycles. The molecule has 1 aromatic heterocycles. The molecule has 1 heterocycles. The lowest BCUT2D eigenvalue weighted by Crippen LogP contribution is -2.15. The normalized spacial score (nSPS) is 13.1. The summed E-state index contributed by atoms with van der Waals surface area (Å²) < 4.78 is 20.1. The van der Waals surface area contributed by atoms with E-state index in [1.807, 2.05) is 11.6 Å². The number of ether oxygens (including phenoxy) is 1. The summed E-state index contributed by atoms with van der Waals surface area (Å²) in [6, 6.07) is 4.44. The lowest BCUT2D eigenvalue weighted by Gasteiger charge is -2.11. The predicted molar refractivity (Wildman–Crippen MR) is 68.7 cm³/mol. The van der Waals surface area contributed by atoms with E-state index in [1.165, 1.54) is 12.1 Å². The van der Waals surface area contributed by atoms with E-state index in [2.05, 4.69) is 4.98 Å². The predicted octanol–water partition coefficient (Wildman–Crippen LogP) is 2.14. The molecule has 4 nitrogen and oxygen atoms in total. The number of halogens is 1. The number of aryl methyl sites for hydroxylation is 1. The summed E-state index contributed by atoms with van der Waals surface area (Å²) in [5.74, 6) is 0.506. The Balaban J connectivity index is 2.25. The average Bonchev–Trinajstić information content (AvgIpc) is 2.66. The lowest BCUT2D eigenvalue weighted by atomic mass is 10.1. The minimum atomic E-state index is -0.278. The minimum absolute atomic E-state index is 0.152. The number of hydrogen-bond donors (Lipinski definition) is 1. The molecule has 18 heavy (non-hydrogen) atoms. The highest BCUT2D eigenvalue weighted by Crippen LogP contribution is 2.21. The second-order valence-corrected chi connectivity index (χ2v) is 4.40. The fourth-order valence-electron chi connectivity index (χ4n) is 2.10. The molecule has 0 spiro atoms. The first-order chi connectivity index (χ1) is 8.63. The van der Waals surface area contributed by atoms with Gasteiger partial charge in [-0.3, -0.25) is 0 Å². The number of hydrogen-bond acceptors (Lipinski definition) is 3. The van der Waals surface area contributed by atoms with Crippen LogP contribution in [0.5, 0.6) is 0 Å². The zero-order valence-corrected chi connectivity index (χ0v) is 10.7. The van der Waals surface area contributed by atoms with E-state index in [9.17, 15) is 4.39 Å². The summed E-state index contributed by atoms with van der Waals surface area (Å²) in [5.41, 5.74) is 7.65. The molecule has 0 amide bonds. The largest absolute Gasteiger partial charge is 0.385 e. The van der Waals surface area contributed by atoms with Crippen LogP contribution in [0.25, 0.3) is 11.0 Å². The Hall–Kier alpha value is -1.46. The molecule has 2 N–H and O–H groups in total. The van der Waals surface area contributed by atoms with Gasteiger partial charge in [0, 0.05) is 26.8 Å². The third kappa shape index (κ3) is 2.52. The van der Waals surface area contributed by atoms with E-state index in [0.29, 0.717) is 12.1 Å². The third-order valence-corrected chi connectivity index (χ3v) is 3.07. The monoisotopic (exact) mass is 251 g/mol. The zero-order chi connectivity index (χ0) is 13.1. The van der Waals surface area contributed by atoms with Crippen molar-refractivity contribution in [2.24, 2.45) is 12.8 Å². The Morgan fingerprint density at radius 2 is 2.28 bits per heavy atom. The van der Waals surface area contributed by atoms with Crippen molar-refractivity contribution in [3.05, 3.63) is 29.8 Å². The van der Waals surface area contributed by atoms with Crippen molar-refractivity contribution in [2.45, 2.75) is 18.9 Å². The van der Waals surface area contributed by atoms with Crippen LogP contribution in [0, 0.1) is 5.82 Å². The molecule has 1 unspecified atom stereocenters. The molecule has 0 aliphatic heterocycles. The van der Waals surface area contributed by atoms with Crippen molar-refractivity contribution < 1.29 is 9.13 Å². The number of imidazole rings is 1. The standard InChI is InChI=1S/C13H18FN3O/c1-17-12-6-5-9(14)8-11(12)16-13(17)10(15)4-3-7-18-2/h5-6,8,10H,3-4,7,15H2,1-2H3. The third-order valence-electron chi connectivity index (χ3n) is 3.07. The molecule has 0 aliphatic rings. The summed E-state index contributed by atoms with van der Waals surface area (Å²) in [6.07, 6.45) is 1.68. The van der Waals surface area contributed by atoms with Crippen LogP contribution in [-0.4, -0.2) is 23.3 Å². The van der Waals surface area contributed by atoms with Gasteiger partial charge in [0.25, 0.3) is 0 Å². The molecule has 1 atom stereocenters. The van der Waals surface area contributed by atoms with Crippen LogP contribution in [0.3, 0.4) is 0 Å². The summed E-state index contributed by atoms with van der Waals surface area (Å²) in [5, 5.41) is 0. The average molecular weight is 251 g/mol. The van der Waals surface area contributed by atoms with Crippen LogP contribution in [0.15, 0.2) is 18.2 Å². The van der Waals surface area contributed by atoms with E-state index in [4.69, 9.17) is 10.5 Å². The molecule has 1 aromatic carbocycles. The molecule has 0 saturated carbocycles. The molecular formula is C13H18FN3O. The van der Waals surface area contributed by atoms with Crippen molar-refractivity contribution in [1.29, 1.82) is 0 Å². The first kappa shape index (κ1) is 13.0. The van der Waals surface area contributed by atoms with Gasteiger partial charge in [0.05, 0.1) is 17.1 Å². The van der Waals surface area contributed by atoms with Crippen molar-refractivity contribution in [3.63, 3.8) is 0 Å². The van der Waals surface area contributed by atoms with Crippen LogP contribution in [0.1, 0.15) is 24.7 Å². The zero-order valence-electron chi connectivity index (χ0n) is 10.7. The van der Waals surface area contributed by atoms with Gasteiger partial charge in [-0.05, 0) is 25.0 Å². The molecular weight excluding hydrogens is 233 g/mol. The Bertz CT molecular complexity index is 538. The summed E-state index contributed by atoms with van der Waals surface area (Å²) in [6.45, 7) is 0.687. The number of methoxy groups -OCH3 is 1. The van der Waals surface area contributed by atoms with E-state index in [-0.39, 0.29) is 11.9 Å². The molecule has 0 fully saturated rings. The van der Waals surface area contributed by atoms with E-state index in [1.54, 1.807) is 13.2 Å². The highest BCUT2D eigenvalue weighted by atomic mass is 19.1. The number of nitrogens with two attached hydrogens (primary N) is 1. The first-order valence-electron chi connectivity index (χ1n) is 6.00. The number of benzene rings is 1. The number of fused-ring (bicyclic) bond motifs is 1. The van der Waals surface area contributed by atoms with Crippen LogP contribution >= 0.6 is 0 Å². The van der Waals surface area contributed by atoms with Crippen LogP contribution in [-0.2, 0) is 11.8 Å². The van der Waals surface area contributed by atoms with Gasteiger partial charge in [-0.15, -0.1) is 0 Å². The van der Waals surface area contributed by atoms with Crippen molar-refractivity contribution in [1.82, 2.24) is 9.55 Å². The van der Waals surface area contributed by atoms with Gasteiger partial charge in [0.2, 0.25) is 0 Å². The Kier molecular flexibility index (Phi) is 3.93. The van der Waals surface area contributed by atoms with Crippen LogP contribution in [0.2, 0.25) is 0 Å². The Labute approximate surface area is 106 Å². The second kappa shape index (κ2) is 5.46. The van der Waals surface area contributed by atoms with Crippen molar-refractivity contribution >= 4 is 11.0 Å². The summed E-state index contributed by atoms with van der Waals surface area (Å²) in [7, 11) is 3.57. The van der Waals surface area contributed by atoms with Crippen molar-refractivity contribution in [2.75, 3.05) is 13.7 Å². The minimum Gasteiger partial charge on any atom is -0.385 e. The van der Waals surface area contributed by atoms with Gasteiger partial charge >= 0.3 is 0 Å². The maximum absolute atomic E-state index is 13.1. The maximum Gasteiger partial charge on any atom is 0.126 e. The quantitative estimate of drug-likeness (QED) is 0.828. The van der Waals surface area contributed by atoms with E-state index in [0.717, 1.165) is 24.2 Å². The summed E-state index contributed by atoms with van der Waals surface area (Å²) >= 11 is 0. The fraction of sp³-hybridized carbons (Fsp3) is 0.462. The molecule has 2 rings (SSSR count). The molecule has 98 valence electrons. The SMILES string of the molecule is COCCCC(N)c1nc2cc(F)ccc2n1C. The van der Waals surface area contributed by atoms with E-state index < -0.39 is 0 Å². The fourth-order valence-corrected chi connectivity index (χ4v) is 2.10.